The van der Waals surface area contributed by atoms with Crippen molar-refractivity contribution < 1.29 is 9.90 Å². The van der Waals surface area contributed by atoms with Crippen molar-refractivity contribution in [3.63, 3.8) is 0 Å². The molecular weight excluding hydrogens is 364 g/mol. The van der Waals surface area contributed by atoms with Crippen molar-refractivity contribution in [3.05, 3.63) is 96.1 Å². The van der Waals surface area contributed by atoms with Gasteiger partial charge < -0.3 is 10.4 Å². The number of aromatic nitrogens is 3. The van der Waals surface area contributed by atoms with Crippen LogP contribution in [0, 0.1) is 6.92 Å². The molecule has 6 heteroatoms. The Bertz CT molecular complexity index is 1180. The molecule has 0 radical (unpaired) electrons. The number of hydrogen-bond acceptors (Lipinski definition) is 4. The predicted molar refractivity (Wildman–Crippen MR) is 113 cm³/mol. The molecule has 1 unspecified atom stereocenters. The van der Waals surface area contributed by atoms with Gasteiger partial charge in [-0.15, -0.1) is 5.10 Å². The first-order valence-electron chi connectivity index (χ1n) is 9.19. The number of benzene rings is 3. The quantitative estimate of drug-likeness (QED) is 0.540. The maximum absolute atomic E-state index is 12.9. The van der Waals surface area contributed by atoms with Gasteiger partial charge in [-0.2, -0.15) is 0 Å². The summed E-state index contributed by atoms with van der Waals surface area (Å²) >= 11 is 0. The Morgan fingerprint density at radius 1 is 1.03 bits per heavy atom. The van der Waals surface area contributed by atoms with Crippen LogP contribution in [0.25, 0.3) is 16.7 Å². The van der Waals surface area contributed by atoms with Crippen molar-refractivity contribution >= 4 is 28.3 Å². The summed E-state index contributed by atoms with van der Waals surface area (Å²) in [5.41, 5.74) is 4.23. The molecule has 2 N–H and O–H groups in total. The summed E-state index contributed by atoms with van der Waals surface area (Å²) in [7, 11) is 0. The van der Waals surface area contributed by atoms with E-state index in [9.17, 15) is 9.90 Å². The van der Waals surface area contributed by atoms with Crippen LogP contribution in [0.1, 0.15) is 27.6 Å². The molecule has 3 aromatic carbocycles. The van der Waals surface area contributed by atoms with Crippen LogP contribution in [0.2, 0.25) is 0 Å². The van der Waals surface area contributed by atoms with Crippen LogP contribution >= 0.6 is 0 Å². The summed E-state index contributed by atoms with van der Waals surface area (Å²) in [6.07, 6.45) is -0.981. The zero-order valence-electron chi connectivity index (χ0n) is 15.9. The van der Waals surface area contributed by atoms with E-state index in [-0.39, 0.29) is 5.91 Å². The molecule has 0 spiro atoms. The van der Waals surface area contributed by atoms with Crippen molar-refractivity contribution in [2.24, 2.45) is 0 Å². The van der Waals surface area contributed by atoms with E-state index >= 15 is 0 Å². The summed E-state index contributed by atoms with van der Waals surface area (Å²) in [6, 6.07) is 21.9. The molecule has 0 bridgehead atoms. The highest BCUT2D eigenvalue weighted by Crippen LogP contribution is 2.28. The van der Waals surface area contributed by atoms with E-state index in [4.69, 9.17) is 0 Å². The zero-order valence-corrected chi connectivity index (χ0v) is 15.9. The largest absolute Gasteiger partial charge is 0.382 e. The third kappa shape index (κ3) is 3.66. The molecule has 0 saturated heterocycles. The number of fused-ring (bicyclic) bond motifs is 1. The van der Waals surface area contributed by atoms with Gasteiger partial charge in [-0.25, -0.2) is 4.68 Å². The fourth-order valence-corrected chi connectivity index (χ4v) is 3.13. The van der Waals surface area contributed by atoms with Gasteiger partial charge in [-0.1, -0.05) is 65.9 Å². The molecular formula is C23H20N4O2. The Labute approximate surface area is 168 Å². The minimum atomic E-state index is -0.981. The van der Waals surface area contributed by atoms with Crippen molar-refractivity contribution in [2.75, 3.05) is 5.32 Å². The molecule has 29 heavy (non-hydrogen) atoms. The van der Waals surface area contributed by atoms with E-state index in [0.29, 0.717) is 33.5 Å². The van der Waals surface area contributed by atoms with E-state index in [2.05, 4.69) is 22.2 Å². The first kappa shape index (κ1) is 18.6. The lowest BCUT2D eigenvalue weighted by Gasteiger charge is -2.16. The third-order valence-corrected chi connectivity index (χ3v) is 4.73. The van der Waals surface area contributed by atoms with Crippen molar-refractivity contribution in [1.29, 1.82) is 0 Å². The van der Waals surface area contributed by atoms with E-state index < -0.39 is 6.10 Å². The molecule has 144 valence electrons. The summed E-state index contributed by atoms with van der Waals surface area (Å²) in [5.74, 6) is -0.289. The minimum Gasteiger partial charge on any atom is -0.382 e. The number of carbonyl (C=O) groups excluding carboxylic acids is 1. The van der Waals surface area contributed by atoms with Gasteiger partial charge >= 0.3 is 0 Å². The van der Waals surface area contributed by atoms with E-state index in [1.54, 1.807) is 18.2 Å². The molecule has 0 fully saturated rings. The second-order valence-electron chi connectivity index (χ2n) is 6.80. The average Bonchev–Trinajstić information content (AvgIpc) is 3.18. The number of para-hydroxylation sites is 2. The number of aryl methyl sites for hydroxylation is 1. The minimum absolute atomic E-state index is 0.289. The number of aliphatic hydroxyl groups is 1. The van der Waals surface area contributed by atoms with Gasteiger partial charge in [0.25, 0.3) is 5.91 Å². The van der Waals surface area contributed by atoms with E-state index in [1.807, 2.05) is 61.5 Å². The molecule has 1 heterocycles. The van der Waals surface area contributed by atoms with Crippen molar-refractivity contribution in [1.82, 2.24) is 15.0 Å². The number of anilines is 1. The number of aliphatic hydroxyl groups excluding tert-OH is 1. The van der Waals surface area contributed by atoms with Gasteiger partial charge in [-0.05, 0) is 36.8 Å². The molecule has 0 aliphatic rings. The molecule has 6 nitrogen and oxygen atoms in total. The monoisotopic (exact) mass is 384 g/mol. The average molecular weight is 384 g/mol. The van der Waals surface area contributed by atoms with Crippen LogP contribution in [-0.2, 0) is 0 Å². The van der Waals surface area contributed by atoms with Crippen LogP contribution in [0.3, 0.4) is 0 Å². The Hall–Kier alpha value is -3.77. The smallest absolute Gasteiger partial charge is 0.257 e. The first-order valence-corrected chi connectivity index (χ1v) is 9.19. The van der Waals surface area contributed by atoms with Crippen LogP contribution in [0.15, 0.2) is 79.4 Å². The summed E-state index contributed by atoms with van der Waals surface area (Å²) < 4.78 is 1.43. The van der Waals surface area contributed by atoms with Crippen molar-refractivity contribution in [3.8, 4) is 0 Å². The first-order chi connectivity index (χ1) is 14.0. The second-order valence-corrected chi connectivity index (χ2v) is 6.80. The molecule has 0 saturated carbocycles. The van der Waals surface area contributed by atoms with Crippen LogP contribution < -0.4 is 5.32 Å². The topological polar surface area (TPSA) is 80.0 Å². The van der Waals surface area contributed by atoms with E-state index in [1.165, 1.54) is 4.68 Å². The Kier molecular flexibility index (Phi) is 4.93. The standard InChI is InChI=1S/C23H20N4O2/c1-15-11-13-17(14-12-15)22(28)16(2)27-21-19(9-6-10-20(21)25-26-27)23(29)24-18-7-4-3-5-8-18/h3-14,22,28H,2H2,1H3,(H,24,29). The number of nitrogens with zero attached hydrogens (tertiary/aromatic N) is 3. The van der Waals surface area contributed by atoms with Crippen LogP contribution in [-0.4, -0.2) is 26.0 Å². The van der Waals surface area contributed by atoms with Gasteiger partial charge in [0.15, 0.2) is 0 Å². The van der Waals surface area contributed by atoms with Crippen molar-refractivity contribution in [2.45, 2.75) is 13.0 Å². The number of rotatable bonds is 5. The molecule has 4 aromatic rings. The Balaban J connectivity index is 1.71. The molecule has 0 aliphatic heterocycles. The number of carbonyl (C=O) groups is 1. The fraction of sp³-hybridized carbons (Fsp3) is 0.0870. The molecule has 1 amide bonds. The van der Waals surface area contributed by atoms with Gasteiger partial charge in [0.1, 0.15) is 17.1 Å². The van der Waals surface area contributed by atoms with E-state index in [0.717, 1.165) is 5.56 Å². The molecule has 0 aliphatic carbocycles. The highest BCUT2D eigenvalue weighted by Gasteiger charge is 2.21. The Morgan fingerprint density at radius 2 is 1.76 bits per heavy atom. The summed E-state index contributed by atoms with van der Waals surface area (Å²) in [4.78, 5) is 12.9. The molecule has 4 rings (SSSR count). The molecule has 1 aromatic heterocycles. The van der Waals surface area contributed by atoms with Gasteiger partial charge in [0.05, 0.1) is 11.3 Å². The van der Waals surface area contributed by atoms with Gasteiger partial charge in [-0.3, -0.25) is 4.79 Å². The maximum Gasteiger partial charge on any atom is 0.257 e. The zero-order chi connectivity index (χ0) is 20.4. The number of amides is 1. The Morgan fingerprint density at radius 3 is 2.48 bits per heavy atom. The van der Waals surface area contributed by atoms with Gasteiger partial charge in [0.2, 0.25) is 0 Å². The fourth-order valence-electron chi connectivity index (χ4n) is 3.13. The number of hydrogen-bond donors (Lipinski definition) is 2. The normalized spacial score (nSPS) is 11.9. The SMILES string of the molecule is C=C(C(O)c1ccc(C)cc1)n1nnc2cccc(C(=O)Nc3ccccc3)c21. The van der Waals surface area contributed by atoms with Crippen LogP contribution in [0.5, 0.6) is 0 Å². The maximum atomic E-state index is 12.9. The summed E-state index contributed by atoms with van der Waals surface area (Å²) in [6.45, 7) is 5.99. The lowest BCUT2D eigenvalue weighted by molar-refractivity contribution is 0.102. The summed E-state index contributed by atoms with van der Waals surface area (Å²) in [5, 5.41) is 21.9. The lowest BCUT2D eigenvalue weighted by atomic mass is 10.1. The number of nitrogens with one attached hydrogen (secondary N) is 1. The third-order valence-electron chi connectivity index (χ3n) is 4.73. The van der Waals surface area contributed by atoms with Gasteiger partial charge in [0, 0.05) is 5.69 Å². The second kappa shape index (κ2) is 7.69. The highest BCUT2D eigenvalue weighted by atomic mass is 16.3. The lowest BCUT2D eigenvalue weighted by Crippen LogP contribution is -2.15. The predicted octanol–water partition coefficient (Wildman–Crippen LogP) is 4.20. The van der Waals surface area contributed by atoms with Crippen LogP contribution in [0.4, 0.5) is 5.69 Å². The highest BCUT2D eigenvalue weighted by molar-refractivity contribution is 6.11. The molecule has 1 atom stereocenters.